The molecule has 1 N–H and O–H groups in total. The highest BCUT2D eigenvalue weighted by atomic mass is 79.9. The van der Waals surface area contributed by atoms with Crippen molar-refractivity contribution < 1.29 is 9.13 Å². The Balaban J connectivity index is 2.24. The van der Waals surface area contributed by atoms with Crippen molar-refractivity contribution in [3.05, 3.63) is 56.2 Å². The van der Waals surface area contributed by atoms with Gasteiger partial charge in [0, 0.05) is 16.6 Å². The second kappa shape index (κ2) is 6.59. The molecule has 0 fully saturated rings. The monoisotopic (exact) mass is 401 g/mol. The summed E-state index contributed by atoms with van der Waals surface area (Å²) in [5.74, 6) is 0.484. The van der Waals surface area contributed by atoms with Crippen molar-refractivity contribution >= 4 is 37.5 Å². The number of aryl methyl sites for hydroxylation is 1. The Kier molecular flexibility index (Phi) is 5.05. The van der Waals surface area contributed by atoms with Crippen molar-refractivity contribution in [1.29, 1.82) is 0 Å². The summed E-state index contributed by atoms with van der Waals surface area (Å²) < 4.78 is 20.9. The van der Waals surface area contributed by atoms with E-state index in [1.165, 1.54) is 6.07 Å². The van der Waals surface area contributed by atoms with Crippen LogP contribution in [0.15, 0.2) is 39.3 Å². The first kappa shape index (κ1) is 15.3. The first-order valence-corrected chi connectivity index (χ1v) is 7.62. The van der Waals surface area contributed by atoms with Gasteiger partial charge in [0.15, 0.2) is 0 Å². The fourth-order valence-corrected chi connectivity index (χ4v) is 3.41. The Labute approximate surface area is 134 Å². The normalized spacial score (nSPS) is 10.4. The van der Waals surface area contributed by atoms with E-state index in [4.69, 9.17) is 4.74 Å². The predicted molar refractivity (Wildman–Crippen MR) is 86.9 cm³/mol. The highest BCUT2D eigenvalue weighted by molar-refractivity contribution is 9.11. The molecule has 0 atom stereocenters. The van der Waals surface area contributed by atoms with Crippen molar-refractivity contribution in [3.8, 4) is 5.75 Å². The van der Waals surface area contributed by atoms with Gasteiger partial charge in [-0.2, -0.15) is 0 Å². The minimum atomic E-state index is -0.261. The molecule has 0 aliphatic rings. The van der Waals surface area contributed by atoms with Crippen molar-refractivity contribution in [2.45, 2.75) is 13.5 Å². The standard InChI is InChI=1S/C15H14Br2FNO/c1-9-3-4-13(18)14(5-9)19-8-10-6-11(16)7-12(17)15(10)20-2/h3-7,19H,8H2,1-2H3. The van der Waals surface area contributed by atoms with Crippen molar-refractivity contribution in [2.75, 3.05) is 12.4 Å². The van der Waals surface area contributed by atoms with Gasteiger partial charge in [0.25, 0.3) is 0 Å². The van der Waals surface area contributed by atoms with E-state index < -0.39 is 0 Å². The van der Waals surface area contributed by atoms with Crippen LogP contribution in [0.5, 0.6) is 5.75 Å². The Hall–Kier alpha value is -1.07. The van der Waals surface area contributed by atoms with E-state index in [1.807, 2.05) is 19.1 Å². The second-order valence-corrected chi connectivity index (χ2v) is 6.19. The number of methoxy groups -OCH3 is 1. The molecule has 106 valence electrons. The van der Waals surface area contributed by atoms with E-state index in [0.717, 1.165) is 25.8 Å². The molecule has 20 heavy (non-hydrogen) atoms. The molecule has 0 heterocycles. The van der Waals surface area contributed by atoms with Crippen LogP contribution in [0.1, 0.15) is 11.1 Å². The van der Waals surface area contributed by atoms with Crippen LogP contribution in [0.4, 0.5) is 10.1 Å². The number of benzene rings is 2. The van der Waals surface area contributed by atoms with Gasteiger partial charge in [-0.25, -0.2) is 4.39 Å². The average molecular weight is 403 g/mol. The van der Waals surface area contributed by atoms with Crippen LogP contribution in [0.25, 0.3) is 0 Å². The molecule has 2 aromatic carbocycles. The maximum Gasteiger partial charge on any atom is 0.146 e. The number of nitrogens with one attached hydrogen (secondary N) is 1. The lowest BCUT2D eigenvalue weighted by Crippen LogP contribution is -2.04. The van der Waals surface area contributed by atoms with Crippen LogP contribution in [0, 0.1) is 12.7 Å². The maximum absolute atomic E-state index is 13.7. The number of ether oxygens (including phenoxy) is 1. The number of hydrogen-bond acceptors (Lipinski definition) is 2. The minimum Gasteiger partial charge on any atom is -0.495 e. The predicted octanol–water partition coefficient (Wildman–Crippen LogP) is 5.28. The number of hydrogen-bond donors (Lipinski definition) is 1. The Morgan fingerprint density at radius 2 is 1.95 bits per heavy atom. The summed E-state index contributed by atoms with van der Waals surface area (Å²) >= 11 is 6.89. The topological polar surface area (TPSA) is 21.3 Å². The lowest BCUT2D eigenvalue weighted by atomic mass is 10.1. The number of rotatable bonds is 4. The molecule has 0 aliphatic heterocycles. The van der Waals surface area contributed by atoms with Crippen molar-refractivity contribution in [3.63, 3.8) is 0 Å². The van der Waals surface area contributed by atoms with Crippen molar-refractivity contribution in [1.82, 2.24) is 0 Å². The first-order valence-electron chi connectivity index (χ1n) is 6.03. The molecule has 0 amide bonds. The van der Waals surface area contributed by atoms with Crippen LogP contribution >= 0.6 is 31.9 Å². The lowest BCUT2D eigenvalue weighted by Gasteiger charge is -2.13. The molecule has 0 unspecified atom stereocenters. The molecule has 0 spiro atoms. The average Bonchev–Trinajstić information content (AvgIpc) is 2.39. The smallest absolute Gasteiger partial charge is 0.146 e. The molecule has 0 bridgehead atoms. The van der Waals surface area contributed by atoms with E-state index >= 15 is 0 Å². The van der Waals surface area contributed by atoms with Gasteiger partial charge in [-0.15, -0.1) is 0 Å². The lowest BCUT2D eigenvalue weighted by molar-refractivity contribution is 0.407. The van der Waals surface area contributed by atoms with Gasteiger partial charge >= 0.3 is 0 Å². The zero-order chi connectivity index (χ0) is 14.7. The third kappa shape index (κ3) is 3.52. The van der Waals surface area contributed by atoms with E-state index in [2.05, 4.69) is 37.2 Å². The summed E-state index contributed by atoms with van der Waals surface area (Å²) in [4.78, 5) is 0. The van der Waals surface area contributed by atoms with Gasteiger partial charge in [-0.05, 0) is 52.7 Å². The SMILES string of the molecule is COc1c(Br)cc(Br)cc1CNc1cc(C)ccc1F. The van der Waals surface area contributed by atoms with Crippen LogP contribution < -0.4 is 10.1 Å². The van der Waals surface area contributed by atoms with E-state index in [1.54, 1.807) is 19.2 Å². The molecular weight excluding hydrogens is 389 g/mol. The third-order valence-corrected chi connectivity index (χ3v) is 3.93. The molecule has 0 aliphatic carbocycles. The minimum absolute atomic E-state index is 0.261. The molecule has 2 rings (SSSR count). The fraction of sp³-hybridized carbons (Fsp3) is 0.200. The summed E-state index contributed by atoms with van der Waals surface area (Å²) in [5.41, 5.74) is 2.44. The van der Waals surface area contributed by atoms with Gasteiger partial charge < -0.3 is 10.1 Å². The molecular formula is C15H14Br2FNO. The summed E-state index contributed by atoms with van der Waals surface area (Å²) in [6.07, 6.45) is 0. The Morgan fingerprint density at radius 1 is 1.20 bits per heavy atom. The van der Waals surface area contributed by atoms with E-state index in [9.17, 15) is 4.39 Å². The number of halogens is 3. The Bertz CT molecular complexity index is 632. The molecule has 2 aromatic rings. The quantitative estimate of drug-likeness (QED) is 0.751. The van der Waals surface area contributed by atoms with Crippen LogP contribution in [0.2, 0.25) is 0 Å². The molecule has 0 aromatic heterocycles. The summed E-state index contributed by atoms with van der Waals surface area (Å²) in [6, 6.07) is 8.86. The largest absolute Gasteiger partial charge is 0.495 e. The first-order chi connectivity index (χ1) is 9.51. The highest BCUT2D eigenvalue weighted by Crippen LogP contribution is 2.33. The highest BCUT2D eigenvalue weighted by Gasteiger charge is 2.10. The van der Waals surface area contributed by atoms with Gasteiger partial charge in [-0.3, -0.25) is 0 Å². The number of anilines is 1. The molecule has 0 radical (unpaired) electrons. The molecule has 0 saturated carbocycles. The zero-order valence-corrected chi connectivity index (χ0v) is 14.3. The van der Waals surface area contributed by atoms with Gasteiger partial charge in [-0.1, -0.05) is 22.0 Å². The second-order valence-electron chi connectivity index (χ2n) is 4.42. The molecule has 2 nitrogen and oxygen atoms in total. The zero-order valence-electron chi connectivity index (χ0n) is 11.1. The van der Waals surface area contributed by atoms with E-state index in [-0.39, 0.29) is 5.82 Å². The summed E-state index contributed by atoms with van der Waals surface area (Å²) in [7, 11) is 1.62. The fourth-order valence-electron chi connectivity index (χ4n) is 1.94. The third-order valence-electron chi connectivity index (χ3n) is 2.88. The molecule has 0 saturated heterocycles. The Morgan fingerprint density at radius 3 is 2.65 bits per heavy atom. The summed E-state index contributed by atoms with van der Waals surface area (Å²) in [5, 5.41) is 3.10. The van der Waals surface area contributed by atoms with Crippen molar-refractivity contribution in [2.24, 2.45) is 0 Å². The van der Waals surface area contributed by atoms with Crippen LogP contribution in [-0.2, 0) is 6.54 Å². The summed E-state index contributed by atoms with van der Waals surface area (Å²) in [6.45, 7) is 2.41. The van der Waals surface area contributed by atoms with Crippen LogP contribution in [0.3, 0.4) is 0 Å². The van der Waals surface area contributed by atoms with E-state index in [0.29, 0.717) is 12.2 Å². The molecule has 5 heteroatoms. The van der Waals surface area contributed by atoms with Crippen LogP contribution in [-0.4, -0.2) is 7.11 Å². The van der Waals surface area contributed by atoms with Gasteiger partial charge in [0.1, 0.15) is 11.6 Å². The van der Waals surface area contributed by atoms with Gasteiger partial charge in [0.05, 0.1) is 17.3 Å². The van der Waals surface area contributed by atoms with Gasteiger partial charge in [0.2, 0.25) is 0 Å². The maximum atomic E-state index is 13.7.